The van der Waals surface area contributed by atoms with Crippen LogP contribution in [0.3, 0.4) is 0 Å². The van der Waals surface area contributed by atoms with Crippen LogP contribution in [-0.2, 0) is 4.74 Å². The standard InChI is InChI=1S/C19H33N5O2.2ClH/c1-15-13-23(14-16(2)26-15)10-4-3-9-21-19(25)18-7-11-24(22-18)17-6-5-8-20-12-17;;/h7,11,15-17,20H,3-6,8-10,12-14H2,1-2H3,(H,21,25);2*1H. The van der Waals surface area contributed by atoms with Gasteiger partial charge in [0, 0.05) is 32.4 Å². The van der Waals surface area contributed by atoms with Gasteiger partial charge in [0.1, 0.15) is 5.69 Å². The SMILES string of the molecule is CC1CN(CCCCNC(=O)c2ccn(C3CCCNC3)n2)CC(C)O1.Cl.Cl. The van der Waals surface area contributed by atoms with Gasteiger partial charge in [0.2, 0.25) is 0 Å². The summed E-state index contributed by atoms with van der Waals surface area (Å²) in [6.45, 7) is 10.0. The lowest BCUT2D eigenvalue weighted by atomic mass is 10.1. The number of amides is 1. The minimum atomic E-state index is -0.0684. The maximum absolute atomic E-state index is 12.3. The molecule has 1 amide bonds. The normalized spacial score (nSPS) is 25.4. The highest BCUT2D eigenvalue weighted by molar-refractivity contribution is 5.92. The molecule has 1 aromatic heterocycles. The van der Waals surface area contributed by atoms with Gasteiger partial charge in [-0.2, -0.15) is 5.10 Å². The molecule has 3 rings (SSSR count). The Morgan fingerprint density at radius 2 is 2.04 bits per heavy atom. The summed E-state index contributed by atoms with van der Waals surface area (Å²) >= 11 is 0. The van der Waals surface area contributed by atoms with E-state index >= 15 is 0 Å². The number of morpholine rings is 1. The van der Waals surface area contributed by atoms with E-state index in [0.717, 1.165) is 58.4 Å². The highest BCUT2D eigenvalue weighted by Gasteiger charge is 2.21. The largest absolute Gasteiger partial charge is 0.373 e. The van der Waals surface area contributed by atoms with Crippen LogP contribution in [0.25, 0.3) is 0 Å². The first kappa shape index (κ1) is 25.2. The van der Waals surface area contributed by atoms with Crippen LogP contribution in [0.4, 0.5) is 0 Å². The predicted molar refractivity (Wildman–Crippen MR) is 116 cm³/mol. The first-order valence-corrected chi connectivity index (χ1v) is 10.0. The lowest BCUT2D eigenvalue weighted by Crippen LogP contribution is -2.45. The van der Waals surface area contributed by atoms with Crippen LogP contribution in [0.5, 0.6) is 0 Å². The average molecular weight is 436 g/mol. The number of nitrogens with one attached hydrogen (secondary N) is 2. The lowest BCUT2D eigenvalue weighted by molar-refractivity contribution is -0.0681. The van der Waals surface area contributed by atoms with Crippen LogP contribution in [0.1, 0.15) is 56.1 Å². The Bertz CT molecular complexity index is 570. The summed E-state index contributed by atoms with van der Waals surface area (Å²) < 4.78 is 7.69. The number of nitrogens with zero attached hydrogens (tertiary/aromatic N) is 3. The van der Waals surface area contributed by atoms with Crippen molar-refractivity contribution in [3.63, 3.8) is 0 Å². The molecule has 0 radical (unpaired) electrons. The number of carbonyl (C=O) groups excluding carboxylic acids is 1. The van der Waals surface area contributed by atoms with E-state index < -0.39 is 0 Å². The molecule has 0 aliphatic carbocycles. The van der Waals surface area contributed by atoms with Crippen LogP contribution in [-0.4, -0.2) is 72.1 Å². The lowest BCUT2D eigenvalue weighted by Gasteiger charge is -2.35. The van der Waals surface area contributed by atoms with E-state index in [1.165, 1.54) is 0 Å². The Morgan fingerprint density at radius 1 is 1.29 bits per heavy atom. The maximum atomic E-state index is 12.3. The minimum absolute atomic E-state index is 0. The smallest absolute Gasteiger partial charge is 0.271 e. The van der Waals surface area contributed by atoms with Crippen LogP contribution in [0, 0.1) is 0 Å². The molecule has 9 heteroatoms. The fourth-order valence-electron chi connectivity index (χ4n) is 3.94. The molecule has 2 aliphatic heterocycles. The molecule has 3 heterocycles. The van der Waals surface area contributed by atoms with E-state index in [-0.39, 0.29) is 30.7 Å². The van der Waals surface area contributed by atoms with Crippen molar-refractivity contribution in [3.8, 4) is 0 Å². The van der Waals surface area contributed by atoms with Crippen molar-refractivity contribution >= 4 is 30.7 Å². The summed E-state index contributed by atoms with van der Waals surface area (Å²) in [6.07, 6.45) is 6.90. The first-order chi connectivity index (χ1) is 12.6. The van der Waals surface area contributed by atoms with E-state index in [1.54, 1.807) is 0 Å². The van der Waals surface area contributed by atoms with Gasteiger partial charge in [0.25, 0.3) is 5.91 Å². The molecule has 1 aromatic rings. The molecule has 3 unspecified atom stereocenters. The zero-order valence-electron chi connectivity index (χ0n) is 16.9. The number of unbranched alkanes of at least 4 members (excludes halogenated alkanes) is 1. The van der Waals surface area contributed by atoms with Gasteiger partial charge in [-0.1, -0.05) is 0 Å². The molecule has 3 atom stereocenters. The van der Waals surface area contributed by atoms with Gasteiger partial charge < -0.3 is 15.4 Å². The fraction of sp³-hybridized carbons (Fsp3) is 0.789. The fourth-order valence-corrected chi connectivity index (χ4v) is 3.94. The second-order valence-corrected chi connectivity index (χ2v) is 7.66. The molecule has 2 aliphatic rings. The molecular weight excluding hydrogens is 401 g/mol. The monoisotopic (exact) mass is 435 g/mol. The minimum Gasteiger partial charge on any atom is -0.373 e. The Balaban J connectivity index is 0.00000196. The summed E-state index contributed by atoms with van der Waals surface area (Å²) in [7, 11) is 0. The summed E-state index contributed by atoms with van der Waals surface area (Å²) in [4.78, 5) is 14.7. The van der Waals surface area contributed by atoms with Crippen molar-refractivity contribution in [1.29, 1.82) is 0 Å². The Hall–Kier alpha value is -0.860. The second kappa shape index (κ2) is 12.6. The van der Waals surface area contributed by atoms with Crippen molar-refractivity contribution in [2.45, 2.75) is 57.8 Å². The molecule has 2 N–H and O–H groups in total. The first-order valence-electron chi connectivity index (χ1n) is 10.0. The van der Waals surface area contributed by atoms with E-state index in [9.17, 15) is 4.79 Å². The highest BCUT2D eigenvalue weighted by atomic mass is 35.5. The number of hydrogen-bond acceptors (Lipinski definition) is 5. The van der Waals surface area contributed by atoms with Crippen molar-refractivity contribution < 1.29 is 9.53 Å². The molecule has 0 bridgehead atoms. The third-order valence-corrected chi connectivity index (χ3v) is 5.17. The zero-order chi connectivity index (χ0) is 18.4. The highest BCUT2D eigenvalue weighted by Crippen LogP contribution is 2.15. The molecule has 162 valence electrons. The van der Waals surface area contributed by atoms with Gasteiger partial charge in [-0.15, -0.1) is 24.8 Å². The van der Waals surface area contributed by atoms with Gasteiger partial charge in [0.05, 0.1) is 18.2 Å². The summed E-state index contributed by atoms with van der Waals surface area (Å²) in [5, 5.41) is 10.8. The van der Waals surface area contributed by atoms with Crippen molar-refractivity contribution in [3.05, 3.63) is 18.0 Å². The second-order valence-electron chi connectivity index (χ2n) is 7.66. The van der Waals surface area contributed by atoms with E-state index in [2.05, 4.69) is 34.5 Å². The molecule has 0 spiro atoms. The van der Waals surface area contributed by atoms with Crippen LogP contribution >= 0.6 is 24.8 Å². The topological polar surface area (TPSA) is 71.4 Å². The molecule has 0 saturated carbocycles. The Labute approximate surface area is 180 Å². The molecular formula is C19H35Cl2N5O2. The molecule has 0 aromatic carbocycles. The number of ether oxygens (including phenoxy) is 1. The number of hydrogen-bond donors (Lipinski definition) is 2. The van der Waals surface area contributed by atoms with Gasteiger partial charge in [0.15, 0.2) is 0 Å². The number of halogens is 2. The van der Waals surface area contributed by atoms with E-state index in [1.807, 2.05) is 16.9 Å². The van der Waals surface area contributed by atoms with Crippen molar-refractivity contribution in [2.24, 2.45) is 0 Å². The zero-order valence-corrected chi connectivity index (χ0v) is 18.6. The number of carbonyl (C=O) groups is 1. The van der Waals surface area contributed by atoms with E-state index in [0.29, 0.717) is 30.5 Å². The van der Waals surface area contributed by atoms with Crippen molar-refractivity contribution in [2.75, 3.05) is 39.3 Å². The van der Waals surface area contributed by atoms with Gasteiger partial charge >= 0.3 is 0 Å². The molecule has 7 nitrogen and oxygen atoms in total. The van der Waals surface area contributed by atoms with Crippen LogP contribution in [0.15, 0.2) is 12.3 Å². The van der Waals surface area contributed by atoms with Crippen molar-refractivity contribution in [1.82, 2.24) is 25.3 Å². The Kier molecular flexibility index (Phi) is 11.4. The average Bonchev–Trinajstić information content (AvgIpc) is 3.11. The molecule has 28 heavy (non-hydrogen) atoms. The molecule has 2 saturated heterocycles. The summed E-state index contributed by atoms with van der Waals surface area (Å²) in [6, 6.07) is 2.18. The third kappa shape index (κ3) is 7.52. The number of piperidine rings is 1. The van der Waals surface area contributed by atoms with Gasteiger partial charge in [-0.05, 0) is 58.7 Å². The Morgan fingerprint density at radius 3 is 2.71 bits per heavy atom. The summed E-state index contributed by atoms with van der Waals surface area (Å²) in [5.41, 5.74) is 0.520. The van der Waals surface area contributed by atoms with Gasteiger partial charge in [-0.25, -0.2) is 0 Å². The predicted octanol–water partition coefficient (Wildman–Crippen LogP) is 2.27. The van der Waals surface area contributed by atoms with E-state index in [4.69, 9.17) is 4.74 Å². The summed E-state index contributed by atoms with van der Waals surface area (Å²) in [5.74, 6) is -0.0684. The van der Waals surface area contributed by atoms with Gasteiger partial charge in [-0.3, -0.25) is 14.4 Å². The quantitative estimate of drug-likeness (QED) is 0.642. The maximum Gasteiger partial charge on any atom is 0.271 e. The number of aromatic nitrogens is 2. The van der Waals surface area contributed by atoms with Crippen LogP contribution < -0.4 is 10.6 Å². The molecule has 2 fully saturated rings. The third-order valence-electron chi connectivity index (χ3n) is 5.17. The number of rotatable bonds is 7. The van der Waals surface area contributed by atoms with Crippen LogP contribution in [0.2, 0.25) is 0 Å².